The first kappa shape index (κ1) is 15.4. The maximum absolute atomic E-state index is 12.1. The topological polar surface area (TPSA) is 48.0 Å². The molecule has 3 heterocycles. The van der Waals surface area contributed by atoms with Crippen LogP contribution in [0.5, 0.6) is 0 Å². The Balaban J connectivity index is 1.73. The van der Waals surface area contributed by atoms with E-state index >= 15 is 0 Å². The Hall–Kier alpha value is -3.18. The van der Waals surface area contributed by atoms with Gasteiger partial charge in [0.25, 0.3) is 0 Å². The van der Waals surface area contributed by atoms with E-state index in [1.54, 1.807) is 29.5 Å². The number of hydrogen-bond donors (Lipinski definition) is 0. The number of thiophene rings is 1. The number of ketones is 1. The van der Waals surface area contributed by atoms with Crippen LogP contribution in [0.4, 0.5) is 0 Å². The van der Waals surface area contributed by atoms with Crippen molar-refractivity contribution in [2.75, 3.05) is 0 Å². The maximum Gasteiger partial charge on any atom is 0.221 e. The zero-order valence-corrected chi connectivity index (χ0v) is 14.0. The number of carbonyl (C=O) groups excluding carboxylic acids is 1. The second-order valence-electron chi connectivity index (χ2n) is 5.37. The molecule has 0 saturated heterocycles. The molecule has 122 valence electrons. The molecule has 5 heteroatoms. The van der Waals surface area contributed by atoms with Gasteiger partial charge in [0.15, 0.2) is 5.76 Å². The molecule has 4 rings (SSSR count). The van der Waals surface area contributed by atoms with Gasteiger partial charge in [0.05, 0.1) is 16.8 Å². The number of furan rings is 1. The standard InChI is InChI=1S/C20H14N2O2S/c23-17(18-8-4-12-24-18)11-10-15-14-22(16-6-2-1-3-7-16)21-20(15)19-9-5-13-25-19/h1-14H. The highest BCUT2D eigenvalue weighted by Crippen LogP contribution is 2.28. The van der Waals surface area contributed by atoms with Gasteiger partial charge in [-0.3, -0.25) is 4.79 Å². The van der Waals surface area contributed by atoms with Gasteiger partial charge in [-0.05, 0) is 47.9 Å². The monoisotopic (exact) mass is 346 g/mol. The maximum atomic E-state index is 12.1. The molecule has 0 saturated carbocycles. The molecule has 3 aromatic heterocycles. The number of nitrogens with zero attached hydrogens (tertiary/aromatic N) is 2. The number of carbonyl (C=O) groups is 1. The van der Waals surface area contributed by atoms with Crippen molar-refractivity contribution in [1.29, 1.82) is 0 Å². The number of hydrogen-bond acceptors (Lipinski definition) is 4. The fourth-order valence-electron chi connectivity index (χ4n) is 2.49. The van der Waals surface area contributed by atoms with E-state index in [-0.39, 0.29) is 5.78 Å². The van der Waals surface area contributed by atoms with Gasteiger partial charge in [-0.2, -0.15) is 5.10 Å². The highest BCUT2D eigenvalue weighted by Gasteiger charge is 2.12. The highest BCUT2D eigenvalue weighted by molar-refractivity contribution is 7.13. The lowest BCUT2D eigenvalue weighted by Crippen LogP contribution is -1.93. The average molecular weight is 346 g/mol. The average Bonchev–Trinajstić information content (AvgIpc) is 3.41. The molecule has 0 aliphatic carbocycles. The predicted octanol–water partition coefficient (Wildman–Crippen LogP) is 5.09. The van der Waals surface area contributed by atoms with E-state index in [0.717, 1.165) is 21.8 Å². The van der Waals surface area contributed by atoms with Crippen molar-refractivity contribution < 1.29 is 9.21 Å². The molecule has 0 amide bonds. The second-order valence-corrected chi connectivity index (χ2v) is 6.31. The molecule has 0 N–H and O–H groups in total. The van der Waals surface area contributed by atoms with Crippen LogP contribution in [0, 0.1) is 0 Å². The molecule has 0 radical (unpaired) electrons. The van der Waals surface area contributed by atoms with Crippen LogP contribution in [-0.2, 0) is 0 Å². The largest absolute Gasteiger partial charge is 0.461 e. The lowest BCUT2D eigenvalue weighted by atomic mass is 10.2. The van der Waals surface area contributed by atoms with E-state index in [2.05, 4.69) is 0 Å². The molecule has 1 aromatic carbocycles. The first-order valence-electron chi connectivity index (χ1n) is 7.76. The SMILES string of the molecule is O=C(C=Cc1cn(-c2ccccc2)nc1-c1cccs1)c1ccco1. The Morgan fingerprint density at radius 3 is 2.68 bits per heavy atom. The number of aromatic nitrogens is 2. The minimum Gasteiger partial charge on any atom is -0.461 e. The van der Waals surface area contributed by atoms with Crippen LogP contribution in [0.15, 0.2) is 82.9 Å². The molecular weight excluding hydrogens is 332 g/mol. The minimum absolute atomic E-state index is 0.172. The first-order chi connectivity index (χ1) is 12.3. The molecule has 0 atom stereocenters. The Labute approximate surface area is 148 Å². The van der Waals surface area contributed by atoms with E-state index in [0.29, 0.717) is 5.76 Å². The van der Waals surface area contributed by atoms with Gasteiger partial charge in [-0.25, -0.2) is 4.68 Å². The quantitative estimate of drug-likeness (QED) is 0.373. The van der Waals surface area contributed by atoms with Crippen molar-refractivity contribution in [3.63, 3.8) is 0 Å². The molecule has 0 aliphatic heterocycles. The zero-order valence-electron chi connectivity index (χ0n) is 13.2. The van der Waals surface area contributed by atoms with Crippen molar-refractivity contribution in [2.24, 2.45) is 0 Å². The molecule has 0 fully saturated rings. The van der Waals surface area contributed by atoms with Crippen LogP contribution in [-0.4, -0.2) is 15.6 Å². The predicted molar refractivity (Wildman–Crippen MR) is 98.9 cm³/mol. The third kappa shape index (κ3) is 3.22. The van der Waals surface area contributed by atoms with Crippen molar-refractivity contribution in [2.45, 2.75) is 0 Å². The van der Waals surface area contributed by atoms with Gasteiger partial charge >= 0.3 is 0 Å². The van der Waals surface area contributed by atoms with Crippen LogP contribution in [0.25, 0.3) is 22.3 Å². The molecule has 0 spiro atoms. The van der Waals surface area contributed by atoms with Crippen molar-refractivity contribution >= 4 is 23.2 Å². The summed E-state index contributed by atoms with van der Waals surface area (Å²) in [7, 11) is 0. The summed E-state index contributed by atoms with van der Waals surface area (Å²) in [5.74, 6) is 0.152. The molecule has 4 aromatic rings. The third-order valence-corrected chi connectivity index (χ3v) is 4.57. The summed E-state index contributed by atoms with van der Waals surface area (Å²) in [5, 5.41) is 6.72. The normalized spacial score (nSPS) is 11.2. The summed E-state index contributed by atoms with van der Waals surface area (Å²) < 4.78 is 6.97. The van der Waals surface area contributed by atoms with Gasteiger partial charge in [0.2, 0.25) is 5.78 Å². The van der Waals surface area contributed by atoms with E-state index in [4.69, 9.17) is 9.52 Å². The van der Waals surface area contributed by atoms with E-state index in [1.807, 2.05) is 58.7 Å². The lowest BCUT2D eigenvalue weighted by molar-refractivity contribution is 0.102. The van der Waals surface area contributed by atoms with Crippen LogP contribution in [0.1, 0.15) is 16.1 Å². The van der Waals surface area contributed by atoms with Crippen LogP contribution < -0.4 is 0 Å². The van der Waals surface area contributed by atoms with Crippen LogP contribution >= 0.6 is 11.3 Å². The molecule has 0 bridgehead atoms. The van der Waals surface area contributed by atoms with Gasteiger partial charge in [-0.15, -0.1) is 11.3 Å². The Bertz CT molecular complexity index is 998. The van der Waals surface area contributed by atoms with Gasteiger partial charge in [0, 0.05) is 11.8 Å². The van der Waals surface area contributed by atoms with Crippen molar-refractivity contribution in [3.05, 3.63) is 89.8 Å². The van der Waals surface area contributed by atoms with Crippen molar-refractivity contribution in [3.8, 4) is 16.3 Å². The fraction of sp³-hybridized carbons (Fsp3) is 0. The Morgan fingerprint density at radius 1 is 1.08 bits per heavy atom. The zero-order chi connectivity index (χ0) is 17.1. The summed E-state index contributed by atoms with van der Waals surface area (Å²) in [4.78, 5) is 13.2. The van der Waals surface area contributed by atoms with Crippen LogP contribution in [0.2, 0.25) is 0 Å². The Morgan fingerprint density at radius 2 is 1.96 bits per heavy atom. The molecule has 4 nitrogen and oxygen atoms in total. The number of rotatable bonds is 5. The minimum atomic E-state index is -0.172. The smallest absolute Gasteiger partial charge is 0.221 e. The second kappa shape index (κ2) is 6.75. The summed E-state index contributed by atoms with van der Waals surface area (Å²) in [6, 6.07) is 17.3. The van der Waals surface area contributed by atoms with Gasteiger partial charge < -0.3 is 4.42 Å². The molecule has 0 aliphatic rings. The van der Waals surface area contributed by atoms with Crippen molar-refractivity contribution in [1.82, 2.24) is 9.78 Å². The third-order valence-electron chi connectivity index (χ3n) is 3.70. The first-order valence-corrected chi connectivity index (χ1v) is 8.64. The molecule has 0 unspecified atom stereocenters. The van der Waals surface area contributed by atoms with Crippen LogP contribution in [0.3, 0.4) is 0 Å². The number of benzene rings is 1. The van der Waals surface area contributed by atoms with E-state index in [1.165, 1.54) is 12.3 Å². The Kier molecular flexibility index (Phi) is 4.14. The summed E-state index contributed by atoms with van der Waals surface area (Å²) >= 11 is 1.62. The van der Waals surface area contributed by atoms with E-state index in [9.17, 15) is 4.79 Å². The molecular formula is C20H14N2O2S. The van der Waals surface area contributed by atoms with E-state index < -0.39 is 0 Å². The number of allylic oxidation sites excluding steroid dienone is 1. The summed E-state index contributed by atoms with van der Waals surface area (Å²) in [5.41, 5.74) is 2.70. The summed E-state index contributed by atoms with van der Waals surface area (Å²) in [6.45, 7) is 0. The lowest BCUT2D eigenvalue weighted by Gasteiger charge is -1.99. The fourth-order valence-corrected chi connectivity index (χ4v) is 3.22. The summed E-state index contributed by atoms with van der Waals surface area (Å²) in [6.07, 6.45) is 6.72. The van der Waals surface area contributed by atoms with Gasteiger partial charge in [-0.1, -0.05) is 24.3 Å². The highest BCUT2D eigenvalue weighted by atomic mass is 32.1. The molecule has 25 heavy (non-hydrogen) atoms. The number of para-hydroxylation sites is 1. The van der Waals surface area contributed by atoms with Gasteiger partial charge in [0.1, 0.15) is 5.69 Å².